The van der Waals surface area contributed by atoms with Crippen molar-refractivity contribution in [3.8, 4) is 18.0 Å². The number of aryl methyl sites for hydroxylation is 1. The predicted octanol–water partition coefficient (Wildman–Crippen LogP) is 6.55. The number of ether oxygens (including phenoxy) is 1. The number of aromatic nitrogens is 3. The zero-order valence-corrected chi connectivity index (χ0v) is 24.8. The second-order valence-corrected chi connectivity index (χ2v) is 11.7. The Bertz CT molecular complexity index is 1660. The number of benzene rings is 2. The summed E-state index contributed by atoms with van der Waals surface area (Å²) in [5.41, 5.74) is 7.01. The second kappa shape index (κ2) is 11.7. The molecule has 6 rings (SSSR count). The minimum absolute atomic E-state index is 0.189. The van der Waals surface area contributed by atoms with E-state index in [9.17, 15) is 4.39 Å². The third-order valence-electron chi connectivity index (χ3n) is 8.91. The molecule has 1 saturated heterocycles. The van der Waals surface area contributed by atoms with Crippen LogP contribution in [0.3, 0.4) is 0 Å². The van der Waals surface area contributed by atoms with Gasteiger partial charge in [0.1, 0.15) is 30.4 Å². The van der Waals surface area contributed by atoms with Crippen molar-refractivity contribution in [1.82, 2.24) is 25.5 Å². The number of H-pyrrole nitrogens is 1. The summed E-state index contributed by atoms with van der Waals surface area (Å²) in [7, 11) is 0. The average molecular weight is 580 g/mol. The number of nitrogens with one attached hydrogen (secondary N) is 2. The van der Waals surface area contributed by atoms with Gasteiger partial charge in [-0.1, -0.05) is 17.7 Å². The molecule has 0 bridgehead atoms. The van der Waals surface area contributed by atoms with Gasteiger partial charge in [-0.25, -0.2) is 9.37 Å². The number of hydrogen-bond donors (Lipinski definition) is 2. The van der Waals surface area contributed by atoms with Crippen molar-refractivity contribution in [1.29, 1.82) is 0 Å². The molecule has 1 fully saturated rings. The molecule has 220 valence electrons. The molecule has 43 heavy (non-hydrogen) atoms. The van der Waals surface area contributed by atoms with Crippen LogP contribution in [0.5, 0.6) is 0 Å². The lowest BCUT2D eigenvalue weighted by Crippen LogP contribution is -2.55. The van der Waals surface area contributed by atoms with Crippen molar-refractivity contribution in [2.24, 2.45) is 5.92 Å². The highest BCUT2D eigenvalue weighted by molar-refractivity contribution is 5.82. The maximum atomic E-state index is 13.6. The Hall–Kier alpha value is -4.39. The van der Waals surface area contributed by atoms with Gasteiger partial charge in [0.15, 0.2) is 5.82 Å². The lowest BCUT2D eigenvalue weighted by atomic mass is 9.72. The molecule has 2 aromatic carbocycles. The van der Waals surface area contributed by atoms with Gasteiger partial charge in [-0.05, 0) is 79.9 Å². The van der Waals surface area contributed by atoms with Gasteiger partial charge < -0.3 is 4.74 Å². The van der Waals surface area contributed by atoms with Crippen LogP contribution >= 0.6 is 0 Å². The molecule has 3 aliphatic heterocycles. The Balaban J connectivity index is 1.51. The Morgan fingerprint density at radius 2 is 2.02 bits per heavy atom. The van der Waals surface area contributed by atoms with Crippen molar-refractivity contribution >= 4 is 18.0 Å². The number of rotatable bonds is 8. The van der Waals surface area contributed by atoms with Crippen molar-refractivity contribution in [3.05, 3.63) is 100 Å². The molecule has 3 aliphatic rings. The quantitative estimate of drug-likeness (QED) is 0.180. The highest BCUT2D eigenvalue weighted by Crippen LogP contribution is 2.53. The van der Waals surface area contributed by atoms with E-state index in [0.29, 0.717) is 24.7 Å². The first kappa shape index (κ1) is 28.7. The topological polar surface area (TPSA) is 73.4 Å². The standard InChI is InChI=1S/C34H38FN7O/c1-6-15-42(36-4)21-23(3)34(20-24-13-16-43-17-14-24)31-28(27-18-22(2)7-12-30(27)41(31)5)19-29(38-34)33-37-32(39-40-33)25-8-10-26(35)11-9-25/h4,6-12,18,21,24,29,38H,1,5,13-17,19-20H2,2-3H3,(H,37,39,40)/q+2. The number of nitrogens with zero attached hydrogens (tertiary/aromatic N) is 5. The average Bonchev–Trinajstić information content (AvgIpc) is 3.61. The van der Waals surface area contributed by atoms with Crippen molar-refractivity contribution in [3.63, 3.8) is 0 Å². The van der Waals surface area contributed by atoms with E-state index in [1.807, 2.05) is 6.20 Å². The fourth-order valence-electron chi connectivity index (χ4n) is 6.78. The summed E-state index contributed by atoms with van der Waals surface area (Å²) >= 11 is 0. The van der Waals surface area contributed by atoms with Gasteiger partial charge in [0, 0.05) is 36.8 Å². The Labute approximate surface area is 252 Å². The zero-order valence-electron chi connectivity index (χ0n) is 24.8. The van der Waals surface area contributed by atoms with E-state index >= 15 is 0 Å². The second-order valence-electron chi connectivity index (χ2n) is 11.7. The van der Waals surface area contributed by atoms with E-state index in [4.69, 9.17) is 16.3 Å². The zero-order chi connectivity index (χ0) is 30.1. The smallest absolute Gasteiger partial charge is 0.305 e. The van der Waals surface area contributed by atoms with Crippen molar-refractivity contribution < 1.29 is 13.7 Å². The fourth-order valence-corrected chi connectivity index (χ4v) is 6.78. The summed E-state index contributed by atoms with van der Waals surface area (Å²) in [5.74, 6) is 1.37. The van der Waals surface area contributed by atoms with Crippen LogP contribution in [0.25, 0.3) is 21.9 Å². The molecule has 8 nitrogen and oxygen atoms in total. The Kier molecular flexibility index (Phi) is 7.82. The van der Waals surface area contributed by atoms with Gasteiger partial charge in [-0.2, -0.15) is 9.67 Å². The maximum absolute atomic E-state index is 13.6. The number of aromatic amines is 1. The van der Waals surface area contributed by atoms with Gasteiger partial charge >= 0.3 is 6.57 Å². The molecule has 0 amide bonds. The van der Waals surface area contributed by atoms with Crippen molar-refractivity contribution in [2.75, 3.05) is 19.8 Å². The Morgan fingerprint density at radius 1 is 1.26 bits per heavy atom. The van der Waals surface area contributed by atoms with E-state index in [-0.39, 0.29) is 11.9 Å². The van der Waals surface area contributed by atoms with Crippen LogP contribution in [0.4, 0.5) is 10.1 Å². The molecule has 2 unspecified atom stereocenters. The first-order chi connectivity index (χ1) is 20.8. The largest absolute Gasteiger partial charge is 0.381 e. The minimum Gasteiger partial charge on any atom is -0.381 e. The highest BCUT2D eigenvalue weighted by Gasteiger charge is 2.55. The molecule has 1 aromatic heterocycles. The van der Waals surface area contributed by atoms with Crippen LogP contribution < -0.4 is 5.32 Å². The SMILES string of the molecule is C#[N+]N(C=C(C)C1(CC2CCOCC2)NC(c2nc(-c3ccc(F)cc3)n[nH]2)CC2=C1[N+](=C)c1ccc(C)cc12)CC=C. The van der Waals surface area contributed by atoms with E-state index in [0.717, 1.165) is 60.8 Å². The summed E-state index contributed by atoms with van der Waals surface area (Å²) < 4.78 is 21.5. The van der Waals surface area contributed by atoms with Crippen LogP contribution in [-0.4, -0.2) is 56.8 Å². The maximum Gasteiger partial charge on any atom is 0.305 e. The van der Waals surface area contributed by atoms with Gasteiger partial charge in [0.05, 0.1) is 22.8 Å². The molecule has 3 aromatic rings. The van der Waals surface area contributed by atoms with E-state index < -0.39 is 5.54 Å². The molecule has 0 radical (unpaired) electrons. The van der Waals surface area contributed by atoms with E-state index in [2.05, 4.69) is 70.4 Å². The van der Waals surface area contributed by atoms with Crippen LogP contribution in [0.2, 0.25) is 0 Å². The third-order valence-corrected chi connectivity index (χ3v) is 8.91. The molecule has 9 heteroatoms. The van der Waals surface area contributed by atoms with Crippen LogP contribution in [-0.2, 0) is 4.74 Å². The molecule has 0 saturated carbocycles. The summed E-state index contributed by atoms with van der Waals surface area (Å²) in [6.45, 7) is 20.5. The lowest BCUT2D eigenvalue weighted by molar-refractivity contribution is -0.381. The first-order valence-corrected chi connectivity index (χ1v) is 14.8. The molecular formula is C34H38FN7O+2. The van der Waals surface area contributed by atoms with Gasteiger partial charge in [0.2, 0.25) is 11.4 Å². The van der Waals surface area contributed by atoms with Crippen LogP contribution in [0.1, 0.15) is 55.6 Å². The summed E-state index contributed by atoms with van der Waals surface area (Å²) in [4.78, 5) is 8.92. The van der Waals surface area contributed by atoms with Gasteiger partial charge in [-0.15, -0.1) is 6.58 Å². The fraction of sp³-hybridized carbons (Fsp3) is 0.353. The van der Waals surface area contributed by atoms with Crippen LogP contribution in [0.15, 0.2) is 72.6 Å². The highest BCUT2D eigenvalue weighted by atomic mass is 19.1. The summed E-state index contributed by atoms with van der Waals surface area (Å²) in [6.07, 6.45) is 7.26. The summed E-state index contributed by atoms with van der Waals surface area (Å²) in [5, 5.41) is 13.5. The van der Waals surface area contributed by atoms with Gasteiger partial charge in [0.25, 0.3) is 0 Å². The predicted molar refractivity (Wildman–Crippen MR) is 167 cm³/mol. The monoisotopic (exact) mass is 579 g/mol. The molecule has 0 spiro atoms. The molecule has 2 N–H and O–H groups in total. The number of fused-ring (bicyclic) bond motifs is 2. The molecular weight excluding hydrogens is 541 g/mol. The Morgan fingerprint density at radius 3 is 2.74 bits per heavy atom. The van der Waals surface area contributed by atoms with Crippen molar-refractivity contribution in [2.45, 2.75) is 51.1 Å². The van der Waals surface area contributed by atoms with Crippen LogP contribution in [0, 0.1) is 25.2 Å². The lowest BCUT2D eigenvalue weighted by Gasteiger charge is -2.43. The van der Waals surface area contributed by atoms with Gasteiger partial charge in [-0.3, -0.25) is 10.4 Å². The number of hydrogen-bond acceptors (Lipinski definition) is 5. The molecule has 0 aliphatic carbocycles. The third kappa shape index (κ3) is 5.33. The minimum atomic E-state index is -0.623. The molecule has 2 atom stereocenters. The number of halogens is 1. The first-order valence-electron chi connectivity index (χ1n) is 14.8. The molecule has 4 heterocycles. The van der Waals surface area contributed by atoms with E-state index in [1.54, 1.807) is 23.2 Å². The normalized spacial score (nSPS) is 22.2. The van der Waals surface area contributed by atoms with E-state index in [1.165, 1.54) is 28.8 Å². The summed E-state index contributed by atoms with van der Waals surface area (Å²) in [6, 6.07) is 12.6.